The minimum absolute atomic E-state index is 0.151. The molecule has 4 nitrogen and oxygen atoms in total. The highest BCUT2D eigenvalue weighted by Crippen LogP contribution is 2.48. The quantitative estimate of drug-likeness (QED) is 0.619. The van der Waals surface area contributed by atoms with Crippen LogP contribution in [0.1, 0.15) is 44.7 Å². The van der Waals surface area contributed by atoms with Crippen LogP contribution in [0, 0.1) is 15.5 Å². The molecule has 1 unspecified atom stereocenters. The van der Waals surface area contributed by atoms with Crippen molar-refractivity contribution in [3.63, 3.8) is 0 Å². The number of nitrogens with zero attached hydrogens (tertiary/aromatic N) is 1. The van der Waals surface area contributed by atoms with Crippen LogP contribution >= 0.6 is 0 Å². The second kappa shape index (κ2) is 5.06. The highest BCUT2D eigenvalue weighted by atomic mass is 16.6. The van der Waals surface area contributed by atoms with Crippen molar-refractivity contribution >= 4 is 5.69 Å². The molecular formula is C14H20N2O2. The predicted octanol–water partition coefficient (Wildman–Crippen LogP) is 3.44. The van der Waals surface area contributed by atoms with E-state index in [0.717, 1.165) is 12.1 Å². The van der Waals surface area contributed by atoms with Gasteiger partial charge in [0.2, 0.25) is 0 Å². The first-order valence-electron chi connectivity index (χ1n) is 6.54. The molecule has 1 atom stereocenters. The molecule has 1 saturated carbocycles. The van der Waals surface area contributed by atoms with Crippen LogP contribution in [-0.2, 0) is 0 Å². The van der Waals surface area contributed by atoms with Crippen LogP contribution in [0.25, 0.3) is 0 Å². The summed E-state index contributed by atoms with van der Waals surface area (Å²) in [6.45, 7) is 5.39. The van der Waals surface area contributed by atoms with Crippen molar-refractivity contribution in [2.75, 3.05) is 6.54 Å². The van der Waals surface area contributed by atoms with Crippen molar-refractivity contribution in [3.05, 3.63) is 39.9 Å². The van der Waals surface area contributed by atoms with Gasteiger partial charge < -0.3 is 5.32 Å². The Labute approximate surface area is 108 Å². The lowest BCUT2D eigenvalue weighted by atomic mass is 10.0. The standard InChI is InChI=1S/C14H20N2O2/c1-3-14(8-9-14)10-15-11(2)12-4-6-13(7-5-12)16(17)18/h4-7,11,15H,3,8-10H2,1-2H3. The molecule has 1 aromatic rings. The van der Waals surface area contributed by atoms with Crippen LogP contribution in [0.3, 0.4) is 0 Å². The van der Waals surface area contributed by atoms with Crippen LogP contribution in [0.15, 0.2) is 24.3 Å². The van der Waals surface area contributed by atoms with E-state index in [2.05, 4.69) is 19.2 Å². The third-order valence-electron chi connectivity index (χ3n) is 4.09. The van der Waals surface area contributed by atoms with Gasteiger partial charge >= 0.3 is 0 Å². The maximum absolute atomic E-state index is 10.6. The molecule has 1 N–H and O–H groups in total. The number of non-ortho nitro benzene ring substituents is 1. The van der Waals surface area contributed by atoms with E-state index in [4.69, 9.17) is 0 Å². The smallest absolute Gasteiger partial charge is 0.269 e. The van der Waals surface area contributed by atoms with E-state index in [-0.39, 0.29) is 16.7 Å². The maximum Gasteiger partial charge on any atom is 0.269 e. The number of nitrogens with one attached hydrogen (secondary N) is 1. The SMILES string of the molecule is CCC1(CNC(C)c2ccc([N+](=O)[O-])cc2)CC1. The second-order valence-corrected chi connectivity index (χ2v) is 5.30. The Bertz CT molecular complexity index is 424. The van der Waals surface area contributed by atoms with Gasteiger partial charge in [0.25, 0.3) is 5.69 Å². The van der Waals surface area contributed by atoms with E-state index in [1.807, 2.05) is 12.1 Å². The summed E-state index contributed by atoms with van der Waals surface area (Å²) in [5.74, 6) is 0. The molecule has 1 aromatic carbocycles. The monoisotopic (exact) mass is 248 g/mol. The van der Waals surface area contributed by atoms with Gasteiger partial charge in [-0.05, 0) is 37.2 Å². The largest absolute Gasteiger partial charge is 0.310 e. The third kappa shape index (κ3) is 2.88. The molecule has 1 fully saturated rings. The van der Waals surface area contributed by atoms with Gasteiger partial charge in [0, 0.05) is 24.7 Å². The summed E-state index contributed by atoms with van der Waals surface area (Å²) in [5.41, 5.74) is 1.78. The number of hydrogen-bond acceptors (Lipinski definition) is 3. The number of nitro groups is 1. The lowest BCUT2D eigenvalue weighted by Gasteiger charge is -2.19. The number of rotatable bonds is 6. The zero-order chi connectivity index (χ0) is 13.2. The molecule has 0 amide bonds. The molecule has 0 aliphatic heterocycles. The van der Waals surface area contributed by atoms with Gasteiger partial charge in [-0.3, -0.25) is 10.1 Å². The average molecular weight is 248 g/mol. The number of hydrogen-bond donors (Lipinski definition) is 1. The molecule has 2 rings (SSSR count). The summed E-state index contributed by atoms with van der Waals surface area (Å²) in [6, 6.07) is 7.05. The van der Waals surface area contributed by atoms with Crippen LogP contribution < -0.4 is 5.32 Å². The highest BCUT2D eigenvalue weighted by Gasteiger charge is 2.40. The lowest BCUT2D eigenvalue weighted by Crippen LogP contribution is -2.26. The Balaban J connectivity index is 1.92. The predicted molar refractivity (Wildman–Crippen MR) is 71.5 cm³/mol. The van der Waals surface area contributed by atoms with E-state index in [0.29, 0.717) is 5.41 Å². The zero-order valence-corrected chi connectivity index (χ0v) is 11.0. The Morgan fingerprint density at radius 2 is 2.00 bits per heavy atom. The summed E-state index contributed by atoms with van der Waals surface area (Å²) < 4.78 is 0. The molecule has 0 saturated heterocycles. The van der Waals surface area contributed by atoms with Crippen molar-refractivity contribution in [1.82, 2.24) is 5.32 Å². The summed E-state index contributed by atoms with van der Waals surface area (Å²) in [4.78, 5) is 10.2. The van der Waals surface area contributed by atoms with E-state index in [1.54, 1.807) is 12.1 Å². The van der Waals surface area contributed by atoms with Crippen LogP contribution in [-0.4, -0.2) is 11.5 Å². The molecular weight excluding hydrogens is 228 g/mol. The molecule has 4 heteroatoms. The van der Waals surface area contributed by atoms with Crippen LogP contribution in [0.4, 0.5) is 5.69 Å². The van der Waals surface area contributed by atoms with E-state index < -0.39 is 0 Å². The van der Waals surface area contributed by atoms with Crippen molar-refractivity contribution in [1.29, 1.82) is 0 Å². The fraction of sp³-hybridized carbons (Fsp3) is 0.571. The summed E-state index contributed by atoms with van der Waals surface area (Å²) >= 11 is 0. The third-order valence-corrected chi connectivity index (χ3v) is 4.09. The fourth-order valence-corrected chi connectivity index (χ4v) is 2.20. The van der Waals surface area contributed by atoms with Gasteiger partial charge in [0.1, 0.15) is 0 Å². The van der Waals surface area contributed by atoms with E-state index in [9.17, 15) is 10.1 Å². The average Bonchev–Trinajstić information content (AvgIpc) is 3.17. The molecule has 1 aliphatic rings. The van der Waals surface area contributed by atoms with Crippen molar-refractivity contribution in [2.24, 2.45) is 5.41 Å². The van der Waals surface area contributed by atoms with Crippen LogP contribution in [0.2, 0.25) is 0 Å². The molecule has 0 spiro atoms. The van der Waals surface area contributed by atoms with Gasteiger partial charge in [-0.1, -0.05) is 19.1 Å². The van der Waals surface area contributed by atoms with Crippen molar-refractivity contribution < 1.29 is 4.92 Å². The fourth-order valence-electron chi connectivity index (χ4n) is 2.20. The molecule has 1 aliphatic carbocycles. The Morgan fingerprint density at radius 3 is 2.44 bits per heavy atom. The molecule has 0 bridgehead atoms. The van der Waals surface area contributed by atoms with Gasteiger partial charge in [-0.2, -0.15) is 0 Å². The minimum atomic E-state index is -0.363. The maximum atomic E-state index is 10.6. The van der Waals surface area contributed by atoms with Gasteiger partial charge in [-0.25, -0.2) is 0 Å². The minimum Gasteiger partial charge on any atom is -0.310 e. The Kier molecular flexibility index (Phi) is 3.66. The van der Waals surface area contributed by atoms with E-state index in [1.165, 1.54) is 19.3 Å². The Hall–Kier alpha value is -1.42. The van der Waals surface area contributed by atoms with Gasteiger partial charge in [0.15, 0.2) is 0 Å². The summed E-state index contributed by atoms with van der Waals surface area (Å²) in [6.07, 6.45) is 3.87. The zero-order valence-electron chi connectivity index (χ0n) is 11.0. The molecule has 98 valence electrons. The molecule has 0 heterocycles. The molecule has 18 heavy (non-hydrogen) atoms. The van der Waals surface area contributed by atoms with Crippen molar-refractivity contribution in [2.45, 2.75) is 39.2 Å². The topological polar surface area (TPSA) is 55.2 Å². The van der Waals surface area contributed by atoms with E-state index >= 15 is 0 Å². The first-order chi connectivity index (χ1) is 8.56. The Morgan fingerprint density at radius 1 is 1.39 bits per heavy atom. The van der Waals surface area contributed by atoms with Crippen molar-refractivity contribution in [3.8, 4) is 0 Å². The number of benzene rings is 1. The summed E-state index contributed by atoms with van der Waals surface area (Å²) in [7, 11) is 0. The molecule has 0 aromatic heterocycles. The lowest BCUT2D eigenvalue weighted by molar-refractivity contribution is -0.384. The van der Waals surface area contributed by atoms with Gasteiger partial charge in [-0.15, -0.1) is 0 Å². The first kappa shape index (κ1) is 13.0. The number of nitro benzene ring substituents is 1. The normalized spacial score (nSPS) is 18.3. The second-order valence-electron chi connectivity index (χ2n) is 5.30. The highest BCUT2D eigenvalue weighted by molar-refractivity contribution is 5.34. The summed E-state index contributed by atoms with van der Waals surface area (Å²) in [5, 5.41) is 14.1. The van der Waals surface area contributed by atoms with Gasteiger partial charge in [0.05, 0.1) is 4.92 Å². The first-order valence-corrected chi connectivity index (χ1v) is 6.54. The molecule has 0 radical (unpaired) electrons. The van der Waals surface area contributed by atoms with Crippen LogP contribution in [0.5, 0.6) is 0 Å².